The second-order valence-corrected chi connectivity index (χ2v) is 8.82. The van der Waals surface area contributed by atoms with Gasteiger partial charge in [0.1, 0.15) is 10.7 Å². The minimum Gasteiger partial charge on any atom is -0.375 e. The Hall–Kier alpha value is -2.26. The molecule has 9 heteroatoms. The van der Waals surface area contributed by atoms with E-state index in [1.54, 1.807) is 21.2 Å². The summed E-state index contributed by atoms with van der Waals surface area (Å²) >= 11 is 1.41. The number of morpholine rings is 1. The fourth-order valence-corrected chi connectivity index (χ4v) is 4.22. The van der Waals surface area contributed by atoms with Crippen molar-refractivity contribution in [3.05, 3.63) is 33.5 Å². The van der Waals surface area contributed by atoms with Gasteiger partial charge < -0.3 is 15.0 Å². The lowest BCUT2D eigenvalue weighted by Crippen LogP contribution is -2.44. The molecule has 0 aromatic carbocycles. The average molecular weight is 420 g/mol. The number of rotatable bonds is 6. The standard InChI is InChI=1S/C20H29N5O3S/c1-12(2)8-16(22-18(26)15-9-21-24(5)14(15)4)19-23-17(11-29-19)20(27)25-6-7-28-13(3)10-25/h9,11-13,16H,6-8,10H2,1-5H3,(H,22,26)/t13-,16-/m0/s1. The Morgan fingerprint density at radius 1 is 1.41 bits per heavy atom. The van der Waals surface area contributed by atoms with Crippen LogP contribution >= 0.6 is 11.3 Å². The minimum absolute atomic E-state index is 0.0292. The molecule has 0 radical (unpaired) electrons. The smallest absolute Gasteiger partial charge is 0.273 e. The number of carbonyl (C=O) groups is 2. The van der Waals surface area contributed by atoms with E-state index in [2.05, 4.69) is 29.2 Å². The molecule has 29 heavy (non-hydrogen) atoms. The molecule has 2 aromatic heterocycles. The zero-order chi connectivity index (χ0) is 21.1. The van der Waals surface area contributed by atoms with E-state index in [4.69, 9.17) is 4.74 Å². The maximum Gasteiger partial charge on any atom is 0.273 e. The SMILES string of the molecule is Cc1c(C(=O)N[C@@H](CC(C)C)c2nc(C(=O)N3CCO[C@@H](C)C3)cs2)cnn1C. The van der Waals surface area contributed by atoms with Crippen molar-refractivity contribution in [2.75, 3.05) is 19.7 Å². The summed E-state index contributed by atoms with van der Waals surface area (Å²) in [5.41, 5.74) is 1.79. The zero-order valence-electron chi connectivity index (χ0n) is 17.6. The Labute approximate surface area is 175 Å². The molecule has 3 heterocycles. The highest BCUT2D eigenvalue weighted by molar-refractivity contribution is 7.09. The lowest BCUT2D eigenvalue weighted by atomic mass is 10.0. The molecule has 2 amide bonds. The molecule has 3 rings (SSSR count). The van der Waals surface area contributed by atoms with E-state index in [1.165, 1.54) is 11.3 Å². The molecule has 0 unspecified atom stereocenters. The number of aryl methyl sites for hydroxylation is 1. The molecular formula is C20H29N5O3S. The summed E-state index contributed by atoms with van der Waals surface area (Å²) in [7, 11) is 1.81. The highest BCUT2D eigenvalue weighted by Gasteiger charge is 2.27. The van der Waals surface area contributed by atoms with E-state index in [9.17, 15) is 9.59 Å². The fourth-order valence-electron chi connectivity index (χ4n) is 3.36. The van der Waals surface area contributed by atoms with Crippen LogP contribution in [0.1, 0.15) is 64.8 Å². The summed E-state index contributed by atoms with van der Waals surface area (Å²) in [6.07, 6.45) is 2.34. The molecule has 1 saturated heterocycles. The normalized spacial score (nSPS) is 18.1. The third-order valence-electron chi connectivity index (χ3n) is 5.06. The zero-order valence-corrected chi connectivity index (χ0v) is 18.5. The van der Waals surface area contributed by atoms with Gasteiger partial charge in [-0.2, -0.15) is 5.10 Å². The van der Waals surface area contributed by atoms with Crippen molar-refractivity contribution in [3.63, 3.8) is 0 Å². The number of aromatic nitrogens is 3. The summed E-state index contributed by atoms with van der Waals surface area (Å²) in [6, 6.07) is -0.253. The number of carbonyl (C=O) groups excluding carboxylic acids is 2. The van der Waals surface area contributed by atoms with Gasteiger partial charge in [0.2, 0.25) is 0 Å². The maximum absolute atomic E-state index is 12.8. The van der Waals surface area contributed by atoms with Crippen molar-refractivity contribution >= 4 is 23.2 Å². The first kappa shape index (κ1) is 21.4. The van der Waals surface area contributed by atoms with Crippen molar-refractivity contribution in [1.82, 2.24) is 25.0 Å². The lowest BCUT2D eigenvalue weighted by molar-refractivity contribution is -0.0126. The first-order valence-corrected chi connectivity index (χ1v) is 10.8. The van der Waals surface area contributed by atoms with Crippen LogP contribution < -0.4 is 5.32 Å². The number of thiazole rings is 1. The van der Waals surface area contributed by atoms with Crippen molar-refractivity contribution in [2.24, 2.45) is 13.0 Å². The van der Waals surface area contributed by atoms with Crippen molar-refractivity contribution in [3.8, 4) is 0 Å². The summed E-state index contributed by atoms with van der Waals surface area (Å²) in [5, 5.41) is 9.76. The maximum atomic E-state index is 12.8. The molecule has 0 spiro atoms. The van der Waals surface area contributed by atoms with Crippen LogP contribution in [0.4, 0.5) is 0 Å². The molecule has 0 bridgehead atoms. The van der Waals surface area contributed by atoms with Gasteiger partial charge in [-0.15, -0.1) is 11.3 Å². The van der Waals surface area contributed by atoms with Gasteiger partial charge in [-0.3, -0.25) is 14.3 Å². The predicted molar refractivity (Wildman–Crippen MR) is 111 cm³/mol. The Kier molecular flexibility index (Phi) is 6.69. The number of nitrogens with one attached hydrogen (secondary N) is 1. The largest absolute Gasteiger partial charge is 0.375 e. The monoisotopic (exact) mass is 419 g/mol. The van der Waals surface area contributed by atoms with E-state index in [0.717, 1.165) is 17.1 Å². The van der Waals surface area contributed by atoms with Crippen LogP contribution in [0.25, 0.3) is 0 Å². The Bertz CT molecular complexity index is 875. The van der Waals surface area contributed by atoms with Gasteiger partial charge in [-0.25, -0.2) is 4.98 Å². The second-order valence-electron chi connectivity index (χ2n) is 7.93. The topological polar surface area (TPSA) is 89.3 Å². The van der Waals surface area contributed by atoms with Crippen molar-refractivity contribution in [1.29, 1.82) is 0 Å². The summed E-state index contributed by atoms with van der Waals surface area (Å²) in [5.74, 6) is 0.102. The van der Waals surface area contributed by atoms with E-state index in [1.807, 2.05) is 20.9 Å². The van der Waals surface area contributed by atoms with Gasteiger partial charge in [0, 0.05) is 31.2 Å². The average Bonchev–Trinajstić information content (AvgIpc) is 3.28. The number of amides is 2. The molecule has 1 N–H and O–H groups in total. The number of hydrogen-bond donors (Lipinski definition) is 1. The van der Waals surface area contributed by atoms with Crippen molar-refractivity contribution < 1.29 is 14.3 Å². The summed E-state index contributed by atoms with van der Waals surface area (Å²) < 4.78 is 7.19. The van der Waals surface area contributed by atoms with E-state index in [-0.39, 0.29) is 24.0 Å². The molecule has 2 atom stereocenters. The minimum atomic E-state index is -0.253. The van der Waals surface area contributed by atoms with Gasteiger partial charge in [0.05, 0.1) is 30.5 Å². The quantitative estimate of drug-likeness (QED) is 0.777. The Balaban J connectivity index is 1.76. The fraction of sp³-hybridized carbons (Fsp3) is 0.600. The van der Waals surface area contributed by atoms with Crippen LogP contribution in [-0.4, -0.2) is 57.3 Å². The lowest BCUT2D eigenvalue weighted by Gasteiger charge is -2.30. The molecule has 1 aliphatic heterocycles. The van der Waals surface area contributed by atoms with Gasteiger partial charge in [0.25, 0.3) is 11.8 Å². The molecule has 0 aliphatic carbocycles. The number of ether oxygens (including phenoxy) is 1. The number of hydrogen-bond acceptors (Lipinski definition) is 6. The first-order valence-electron chi connectivity index (χ1n) is 9.92. The molecule has 8 nitrogen and oxygen atoms in total. The van der Waals surface area contributed by atoms with E-state index >= 15 is 0 Å². The molecule has 1 fully saturated rings. The second kappa shape index (κ2) is 9.04. The summed E-state index contributed by atoms with van der Waals surface area (Å²) in [6.45, 7) is 9.71. The highest BCUT2D eigenvalue weighted by Crippen LogP contribution is 2.26. The van der Waals surface area contributed by atoms with Crippen LogP contribution in [0, 0.1) is 12.8 Å². The van der Waals surface area contributed by atoms with Crippen LogP contribution in [0.5, 0.6) is 0 Å². The van der Waals surface area contributed by atoms with Gasteiger partial charge in [-0.1, -0.05) is 13.8 Å². The van der Waals surface area contributed by atoms with Crippen LogP contribution in [0.3, 0.4) is 0 Å². The molecule has 2 aromatic rings. The predicted octanol–water partition coefficient (Wildman–Crippen LogP) is 2.56. The molecule has 0 saturated carbocycles. The third-order valence-corrected chi connectivity index (χ3v) is 6.02. The van der Waals surface area contributed by atoms with Crippen LogP contribution in [0.15, 0.2) is 11.6 Å². The van der Waals surface area contributed by atoms with Gasteiger partial charge in [0.15, 0.2) is 0 Å². The Morgan fingerprint density at radius 2 is 2.17 bits per heavy atom. The van der Waals surface area contributed by atoms with Crippen LogP contribution in [-0.2, 0) is 11.8 Å². The Morgan fingerprint density at radius 3 is 2.79 bits per heavy atom. The number of nitrogens with zero attached hydrogens (tertiary/aromatic N) is 4. The van der Waals surface area contributed by atoms with E-state index in [0.29, 0.717) is 36.9 Å². The van der Waals surface area contributed by atoms with Gasteiger partial charge >= 0.3 is 0 Å². The van der Waals surface area contributed by atoms with Crippen LogP contribution in [0.2, 0.25) is 0 Å². The summed E-state index contributed by atoms with van der Waals surface area (Å²) in [4.78, 5) is 32.0. The third kappa shape index (κ3) is 5.02. The first-order chi connectivity index (χ1) is 13.8. The highest BCUT2D eigenvalue weighted by atomic mass is 32.1. The molecular weight excluding hydrogens is 390 g/mol. The van der Waals surface area contributed by atoms with Gasteiger partial charge in [-0.05, 0) is 26.2 Å². The van der Waals surface area contributed by atoms with E-state index < -0.39 is 0 Å². The molecule has 158 valence electrons. The molecule has 1 aliphatic rings. The van der Waals surface area contributed by atoms with Crippen molar-refractivity contribution in [2.45, 2.75) is 46.3 Å².